The zero-order valence-corrected chi connectivity index (χ0v) is 34.7. The highest BCUT2D eigenvalue weighted by Gasteiger charge is 2.38. The summed E-state index contributed by atoms with van der Waals surface area (Å²) in [5.41, 5.74) is 7.30. The summed E-state index contributed by atoms with van der Waals surface area (Å²) in [6, 6.07) is 24.3. The summed E-state index contributed by atoms with van der Waals surface area (Å²) < 4.78 is 18.7. The number of amides is 2. The minimum absolute atomic E-state index is 0.00998. The molecule has 60 heavy (non-hydrogen) atoms. The van der Waals surface area contributed by atoms with Crippen molar-refractivity contribution >= 4 is 41.0 Å². The third-order valence-corrected chi connectivity index (χ3v) is 12.2. The molecule has 3 aliphatic rings. The summed E-state index contributed by atoms with van der Waals surface area (Å²) >= 11 is 12.2. The molecule has 3 N–H and O–H groups in total. The topological polar surface area (TPSA) is 139 Å². The van der Waals surface area contributed by atoms with Gasteiger partial charge in [0, 0.05) is 44.2 Å². The number of carbonyl (C=O) groups excluding carboxylic acids is 2. The molecule has 8 rings (SSSR count). The van der Waals surface area contributed by atoms with Crippen LogP contribution in [0.2, 0.25) is 10.0 Å². The van der Waals surface area contributed by atoms with Crippen LogP contribution in [-0.4, -0.2) is 64.1 Å². The summed E-state index contributed by atoms with van der Waals surface area (Å²) in [7, 11) is 0. The number of carboxylic acid groups (broad SMARTS) is 1. The Morgan fingerprint density at radius 3 is 2.47 bits per heavy atom. The van der Waals surface area contributed by atoms with Gasteiger partial charge in [-0.1, -0.05) is 72.1 Å². The molecule has 3 aliphatic heterocycles. The van der Waals surface area contributed by atoms with E-state index in [-0.39, 0.29) is 50.5 Å². The number of fused-ring (bicyclic) bond motifs is 2. The number of nitrogens with zero attached hydrogens (tertiary/aromatic N) is 2. The minimum atomic E-state index is -1.20. The number of carbonyl (C=O) groups is 3. The van der Waals surface area contributed by atoms with Crippen molar-refractivity contribution < 1.29 is 33.7 Å². The lowest BCUT2D eigenvalue weighted by molar-refractivity contribution is -0.145. The Morgan fingerprint density at radius 2 is 1.73 bits per heavy atom. The quantitative estimate of drug-likeness (QED) is 0.114. The number of pyridine rings is 1. The molecule has 0 radical (unpaired) electrons. The molecule has 4 atom stereocenters. The van der Waals surface area contributed by atoms with Crippen LogP contribution in [0.25, 0.3) is 11.1 Å². The van der Waals surface area contributed by atoms with Crippen molar-refractivity contribution in [2.24, 2.45) is 0 Å². The zero-order valence-electron chi connectivity index (χ0n) is 33.2. The molecule has 11 nitrogen and oxygen atoms in total. The van der Waals surface area contributed by atoms with E-state index in [1.807, 2.05) is 79.7 Å². The van der Waals surface area contributed by atoms with E-state index in [0.29, 0.717) is 33.9 Å². The maximum Gasteiger partial charge on any atom is 0.326 e. The fraction of sp³-hybridized carbons (Fsp3) is 0.319. The summed E-state index contributed by atoms with van der Waals surface area (Å²) in [6.07, 6.45) is 6.62. The van der Waals surface area contributed by atoms with Crippen LogP contribution in [0.1, 0.15) is 65.2 Å². The predicted octanol–water partition coefficient (Wildman–Crippen LogP) is 8.05. The number of hydrogen-bond donors (Lipinski definition) is 3. The fourth-order valence-electron chi connectivity index (χ4n) is 8.13. The van der Waals surface area contributed by atoms with Gasteiger partial charge in [-0.15, -0.1) is 0 Å². The van der Waals surface area contributed by atoms with Gasteiger partial charge >= 0.3 is 5.97 Å². The van der Waals surface area contributed by atoms with E-state index < -0.39 is 24.0 Å². The normalized spacial score (nSPS) is 18.9. The molecule has 1 saturated heterocycles. The van der Waals surface area contributed by atoms with Crippen LogP contribution < -0.4 is 24.8 Å². The average molecular weight is 850 g/mol. The molecule has 0 bridgehead atoms. The van der Waals surface area contributed by atoms with E-state index in [1.54, 1.807) is 29.4 Å². The van der Waals surface area contributed by atoms with Gasteiger partial charge in [-0.25, -0.2) is 4.79 Å². The van der Waals surface area contributed by atoms with Gasteiger partial charge in [0.25, 0.3) is 0 Å². The van der Waals surface area contributed by atoms with Gasteiger partial charge in [0.05, 0.1) is 10.0 Å². The number of halogens is 2. The number of piperidine rings is 1. The van der Waals surface area contributed by atoms with Crippen LogP contribution in [0.3, 0.4) is 0 Å². The molecule has 4 heterocycles. The highest BCUT2D eigenvalue weighted by atomic mass is 35.5. The van der Waals surface area contributed by atoms with E-state index in [4.69, 9.17) is 37.4 Å². The molecule has 5 aromatic rings. The second kappa shape index (κ2) is 18.3. The number of aryl methyl sites for hydroxylation is 1. The number of aliphatic carboxylic acids is 1. The van der Waals surface area contributed by atoms with Crippen molar-refractivity contribution in [1.82, 2.24) is 20.5 Å². The first kappa shape index (κ1) is 41.1. The second-order valence-electron chi connectivity index (χ2n) is 15.7. The van der Waals surface area contributed by atoms with Gasteiger partial charge in [0.2, 0.25) is 11.8 Å². The molecular formula is C47H46Cl2N4O7. The summed E-state index contributed by atoms with van der Waals surface area (Å²) in [6.45, 7) is 3.59. The number of rotatable bonds is 12. The zero-order chi connectivity index (χ0) is 41.8. The predicted molar refractivity (Wildman–Crippen MR) is 229 cm³/mol. The summed E-state index contributed by atoms with van der Waals surface area (Å²) in [5.74, 6) is -0.0543. The van der Waals surface area contributed by atoms with Crippen LogP contribution in [0, 0.1) is 6.92 Å². The monoisotopic (exact) mass is 848 g/mol. The lowest BCUT2D eigenvalue weighted by atomic mass is 9.91. The van der Waals surface area contributed by atoms with E-state index in [0.717, 1.165) is 70.3 Å². The third kappa shape index (κ3) is 9.54. The maximum atomic E-state index is 14.2. The first-order chi connectivity index (χ1) is 29.1. The first-order valence-corrected chi connectivity index (χ1v) is 21.0. The highest BCUT2D eigenvalue weighted by molar-refractivity contribution is 6.42. The molecule has 0 aliphatic carbocycles. The molecule has 4 aromatic carbocycles. The van der Waals surface area contributed by atoms with Gasteiger partial charge in [-0.05, 0) is 113 Å². The van der Waals surface area contributed by atoms with Crippen LogP contribution >= 0.6 is 23.2 Å². The van der Waals surface area contributed by atoms with Crippen molar-refractivity contribution in [3.8, 4) is 28.4 Å². The number of aromatic nitrogens is 1. The Labute approximate surface area is 359 Å². The second-order valence-corrected chi connectivity index (χ2v) is 16.5. The lowest BCUT2D eigenvalue weighted by Gasteiger charge is -2.38. The van der Waals surface area contributed by atoms with Gasteiger partial charge in [0.15, 0.2) is 17.6 Å². The van der Waals surface area contributed by atoms with Gasteiger partial charge in [-0.2, -0.15) is 0 Å². The molecular weight excluding hydrogens is 803 g/mol. The Hall–Kier alpha value is -5.62. The summed E-state index contributed by atoms with van der Waals surface area (Å²) in [4.78, 5) is 46.6. The lowest BCUT2D eigenvalue weighted by Crippen LogP contribution is -2.56. The van der Waals surface area contributed by atoms with Crippen LogP contribution in [0.4, 0.5) is 0 Å². The number of ether oxygens (including phenoxy) is 3. The molecule has 1 fully saturated rings. The van der Waals surface area contributed by atoms with Crippen molar-refractivity contribution in [2.75, 3.05) is 13.2 Å². The number of hydrogen-bond acceptors (Lipinski definition) is 8. The largest absolute Gasteiger partial charge is 0.489 e. The van der Waals surface area contributed by atoms with Crippen LogP contribution in [0.5, 0.6) is 17.2 Å². The van der Waals surface area contributed by atoms with E-state index in [1.165, 1.54) is 0 Å². The molecule has 4 unspecified atom stereocenters. The van der Waals surface area contributed by atoms with Crippen molar-refractivity contribution in [3.63, 3.8) is 0 Å². The fourth-order valence-corrected chi connectivity index (χ4v) is 8.45. The molecule has 1 aromatic heterocycles. The molecule has 0 spiro atoms. The first-order valence-electron chi connectivity index (χ1n) is 20.3. The Bertz CT molecular complexity index is 2370. The van der Waals surface area contributed by atoms with Gasteiger partial charge in [-0.3, -0.25) is 14.6 Å². The molecule has 310 valence electrons. The number of carboxylic acids is 1. The Balaban J connectivity index is 0.969. The Kier molecular flexibility index (Phi) is 12.6. The number of nitrogens with one attached hydrogen (secondary N) is 2. The third-order valence-electron chi connectivity index (χ3n) is 11.5. The van der Waals surface area contributed by atoms with Crippen LogP contribution in [-0.2, 0) is 40.4 Å². The Morgan fingerprint density at radius 1 is 0.950 bits per heavy atom. The van der Waals surface area contributed by atoms with Crippen molar-refractivity contribution in [1.29, 1.82) is 0 Å². The van der Waals surface area contributed by atoms with Crippen molar-refractivity contribution in [3.05, 3.63) is 141 Å². The number of benzene rings is 4. The minimum Gasteiger partial charge on any atom is -0.489 e. The van der Waals surface area contributed by atoms with Gasteiger partial charge in [0.1, 0.15) is 31.0 Å². The van der Waals surface area contributed by atoms with Crippen molar-refractivity contribution in [2.45, 2.75) is 82.8 Å². The SMILES string of the molecule is Cc1cnccc1-c1ccc(CC(NC(=O)C2Cc3cc4c(cc3CN2C(=O)CC2CCCCN2)OC(c2ccc(OCc3ccc(Cl)c(Cl)c3)cc2)CO4)C(=O)O)cc1. The van der Waals surface area contributed by atoms with Crippen LogP contribution in [0.15, 0.2) is 97.3 Å². The summed E-state index contributed by atoms with van der Waals surface area (Å²) in [5, 5.41) is 17.5. The maximum absolute atomic E-state index is 14.2. The highest BCUT2D eigenvalue weighted by Crippen LogP contribution is 2.41. The average Bonchev–Trinajstić information content (AvgIpc) is 3.26. The smallest absolute Gasteiger partial charge is 0.326 e. The van der Waals surface area contributed by atoms with E-state index >= 15 is 0 Å². The molecule has 13 heteroatoms. The van der Waals surface area contributed by atoms with E-state index in [2.05, 4.69) is 15.6 Å². The molecule has 0 saturated carbocycles. The standard InChI is InChI=1S/C47H46Cl2N4O7/c1-28-24-50-17-15-37(28)31-8-5-29(6-9-31)19-40(47(56)57)52-46(55)41-20-33-21-42-43(22-34(33)25-53(41)45(54)23-35-4-2-3-16-51-35)60-44(27-59-42)32-10-12-36(13-11-32)58-26-30-7-14-38(48)39(49)18-30/h5-15,17-18,21-22,24,35,40-41,44,51H,2-4,16,19-20,23,25-27H2,1H3,(H,52,55)(H,56,57). The molecule has 2 amide bonds. The van der Waals surface area contributed by atoms with E-state index in [9.17, 15) is 19.5 Å². The van der Waals surface area contributed by atoms with Gasteiger partial charge < -0.3 is 34.9 Å².